The summed E-state index contributed by atoms with van der Waals surface area (Å²) in [5.41, 5.74) is 1.33. The van der Waals surface area contributed by atoms with E-state index in [9.17, 15) is 0 Å². The molecule has 1 heteroatoms. The van der Waals surface area contributed by atoms with Crippen molar-refractivity contribution >= 4 is 0 Å². The zero-order valence-corrected chi connectivity index (χ0v) is 8.47. The van der Waals surface area contributed by atoms with Crippen LogP contribution in [-0.2, 0) is 4.74 Å². The van der Waals surface area contributed by atoms with Crippen molar-refractivity contribution < 1.29 is 4.74 Å². The molecule has 0 spiro atoms. The molecule has 0 aromatic carbocycles. The maximum Gasteiger partial charge on any atom is 0.0502 e. The second kappa shape index (κ2) is 4.08. The Kier molecular flexibility index (Phi) is 3.33. The lowest BCUT2D eigenvalue weighted by Gasteiger charge is -2.34. The quantitative estimate of drug-likeness (QED) is 0.576. The number of hydrogen-bond donors (Lipinski definition) is 0. The molecule has 1 saturated heterocycles. The monoisotopic (exact) mass is 168 g/mol. The van der Waals surface area contributed by atoms with Crippen molar-refractivity contribution in [3.05, 3.63) is 12.2 Å². The first-order valence-electron chi connectivity index (χ1n) is 4.86. The largest absolute Gasteiger partial charge is 0.381 e. The van der Waals surface area contributed by atoms with Crippen molar-refractivity contribution in [2.75, 3.05) is 13.2 Å². The Labute approximate surface area is 75.8 Å². The third-order valence-electron chi connectivity index (χ3n) is 2.89. The predicted octanol–water partition coefficient (Wildman–Crippen LogP) is 2.87. The van der Waals surface area contributed by atoms with Gasteiger partial charge in [-0.05, 0) is 31.1 Å². The normalized spacial score (nSPS) is 30.7. The average Bonchev–Trinajstić information content (AvgIpc) is 2.04. The van der Waals surface area contributed by atoms with Crippen LogP contribution in [0, 0.1) is 17.8 Å². The first-order valence-corrected chi connectivity index (χ1v) is 4.86. The molecule has 1 nitrogen and oxygen atoms in total. The highest BCUT2D eigenvalue weighted by Gasteiger charge is 2.28. The molecule has 0 bridgehead atoms. The number of hydrogen-bond acceptors (Lipinski definition) is 1. The van der Waals surface area contributed by atoms with Crippen LogP contribution < -0.4 is 0 Å². The van der Waals surface area contributed by atoms with Gasteiger partial charge >= 0.3 is 0 Å². The number of allylic oxidation sites excluding steroid dienone is 1. The highest BCUT2D eigenvalue weighted by Crippen LogP contribution is 2.32. The van der Waals surface area contributed by atoms with Crippen LogP contribution >= 0.6 is 0 Å². The fourth-order valence-electron chi connectivity index (χ4n) is 2.03. The van der Waals surface area contributed by atoms with Crippen molar-refractivity contribution in [2.24, 2.45) is 17.8 Å². The minimum Gasteiger partial charge on any atom is -0.381 e. The van der Waals surface area contributed by atoms with E-state index in [1.54, 1.807) is 0 Å². The van der Waals surface area contributed by atoms with E-state index in [2.05, 4.69) is 27.4 Å². The van der Waals surface area contributed by atoms with Gasteiger partial charge in [-0.2, -0.15) is 0 Å². The van der Waals surface area contributed by atoms with E-state index in [1.807, 2.05) is 0 Å². The molecule has 1 rings (SSSR count). The molecule has 0 N–H and O–H groups in total. The van der Waals surface area contributed by atoms with Gasteiger partial charge in [0.2, 0.25) is 0 Å². The van der Waals surface area contributed by atoms with Gasteiger partial charge in [-0.1, -0.05) is 26.0 Å². The van der Waals surface area contributed by atoms with Gasteiger partial charge in [0, 0.05) is 6.61 Å². The van der Waals surface area contributed by atoms with Gasteiger partial charge in [0.05, 0.1) is 6.61 Å². The molecule has 0 aromatic rings. The first kappa shape index (κ1) is 9.79. The summed E-state index contributed by atoms with van der Waals surface area (Å²) in [5, 5.41) is 0. The van der Waals surface area contributed by atoms with Crippen LogP contribution in [0.4, 0.5) is 0 Å². The third-order valence-corrected chi connectivity index (χ3v) is 2.89. The summed E-state index contributed by atoms with van der Waals surface area (Å²) in [7, 11) is 0. The lowest BCUT2D eigenvalue weighted by Crippen LogP contribution is -2.31. The second-order valence-corrected chi connectivity index (χ2v) is 4.22. The summed E-state index contributed by atoms with van der Waals surface area (Å²) in [6.45, 7) is 12.6. The smallest absolute Gasteiger partial charge is 0.0502 e. The van der Waals surface area contributed by atoms with Gasteiger partial charge < -0.3 is 4.74 Å². The lowest BCUT2D eigenvalue weighted by molar-refractivity contribution is 0.00939. The SMILES string of the molecule is C=C(C)C1CCOCC1C(C)C. The molecule has 2 atom stereocenters. The molecule has 12 heavy (non-hydrogen) atoms. The molecule has 1 aliphatic heterocycles. The van der Waals surface area contributed by atoms with Crippen LogP contribution in [0.5, 0.6) is 0 Å². The fraction of sp³-hybridized carbons (Fsp3) is 0.818. The molecular formula is C11H20O. The molecule has 2 unspecified atom stereocenters. The number of rotatable bonds is 2. The van der Waals surface area contributed by atoms with Gasteiger partial charge in [0.1, 0.15) is 0 Å². The van der Waals surface area contributed by atoms with Crippen LogP contribution in [-0.4, -0.2) is 13.2 Å². The first-order chi connectivity index (χ1) is 5.63. The lowest BCUT2D eigenvalue weighted by atomic mass is 9.77. The molecule has 70 valence electrons. The fourth-order valence-corrected chi connectivity index (χ4v) is 2.03. The minimum atomic E-state index is 0.691. The zero-order valence-electron chi connectivity index (χ0n) is 8.47. The summed E-state index contributed by atoms with van der Waals surface area (Å²) in [6, 6.07) is 0. The molecule has 0 amide bonds. The summed E-state index contributed by atoms with van der Waals surface area (Å²) in [5.74, 6) is 2.10. The van der Waals surface area contributed by atoms with Crippen molar-refractivity contribution in [1.29, 1.82) is 0 Å². The van der Waals surface area contributed by atoms with E-state index in [1.165, 1.54) is 5.57 Å². The van der Waals surface area contributed by atoms with Crippen molar-refractivity contribution in [1.82, 2.24) is 0 Å². The van der Waals surface area contributed by atoms with Crippen LogP contribution in [0.15, 0.2) is 12.2 Å². The van der Waals surface area contributed by atoms with Gasteiger partial charge in [-0.3, -0.25) is 0 Å². The predicted molar refractivity (Wildman–Crippen MR) is 52.1 cm³/mol. The summed E-state index contributed by atoms with van der Waals surface area (Å²) >= 11 is 0. The van der Waals surface area contributed by atoms with Crippen LogP contribution in [0.25, 0.3) is 0 Å². The van der Waals surface area contributed by atoms with E-state index in [-0.39, 0.29) is 0 Å². The Morgan fingerprint density at radius 3 is 2.58 bits per heavy atom. The highest BCUT2D eigenvalue weighted by atomic mass is 16.5. The molecule has 0 radical (unpaired) electrons. The highest BCUT2D eigenvalue weighted by molar-refractivity contribution is 5.00. The summed E-state index contributed by atoms with van der Waals surface area (Å²) < 4.78 is 5.48. The van der Waals surface area contributed by atoms with Crippen molar-refractivity contribution in [2.45, 2.75) is 27.2 Å². The number of ether oxygens (including phenoxy) is 1. The van der Waals surface area contributed by atoms with E-state index in [0.717, 1.165) is 19.6 Å². The summed E-state index contributed by atoms with van der Waals surface area (Å²) in [4.78, 5) is 0. The maximum atomic E-state index is 5.48. The van der Waals surface area contributed by atoms with E-state index >= 15 is 0 Å². The third kappa shape index (κ3) is 2.10. The zero-order chi connectivity index (χ0) is 9.14. The standard InChI is InChI=1S/C11H20O/c1-8(2)10-5-6-12-7-11(10)9(3)4/h9-11H,1,5-7H2,2-4H3. The Morgan fingerprint density at radius 1 is 1.50 bits per heavy atom. The second-order valence-electron chi connectivity index (χ2n) is 4.22. The van der Waals surface area contributed by atoms with E-state index in [0.29, 0.717) is 17.8 Å². The van der Waals surface area contributed by atoms with E-state index < -0.39 is 0 Å². The Balaban J connectivity index is 2.60. The Morgan fingerprint density at radius 2 is 2.17 bits per heavy atom. The molecule has 1 heterocycles. The Hall–Kier alpha value is -0.300. The van der Waals surface area contributed by atoms with Crippen LogP contribution in [0.2, 0.25) is 0 Å². The van der Waals surface area contributed by atoms with Crippen molar-refractivity contribution in [3.63, 3.8) is 0 Å². The minimum absolute atomic E-state index is 0.691. The van der Waals surface area contributed by atoms with Crippen molar-refractivity contribution in [3.8, 4) is 0 Å². The van der Waals surface area contributed by atoms with E-state index in [4.69, 9.17) is 4.74 Å². The molecule has 0 aromatic heterocycles. The average molecular weight is 168 g/mol. The van der Waals surface area contributed by atoms with Crippen LogP contribution in [0.3, 0.4) is 0 Å². The van der Waals surface area contributed by atoms with Gasteiger partial charge in [-0.15, -0.1) is 0 Å². The molecular weight excluding hydrogens is 148 g/mol. The molecule has 1 fully saturated rings. The van der Waals surface area contributed by atoms with Gasteiger partial charge in [-0.25, -0.2) is 0 Å². The topological polar surface area (TPSA) is 9.23 Å². The molecule has 0 saturated carbocycles. The Bertz CT molecular complexity index is 160. The van der Waals surface area contributed by atoms with Gasteiger partial charge in [0.25, 0.3) is 0 Å². The van der Waals surface area contributed by atoms with Crippen LogP contribution in [0.1, 0.15) is 27.2 Å². The summed E-state index contributed by atoms with van der Waals surface area (Å²) in [6.07, 6.45) is 1.16. The molecule has 1 aliphatic rings. The van der Waals surface area contributed by atoms with Gasteiger partial charge in [0.15, 0.2) is 0 Å². The maximum absolute atomic E-state index is 5.48. The molecule has 0 aliphatic carbocycles.